The van der Waals surface area contributed by atoms with Crippen molar-refractivity contribution in [3.8, 4) is 0 Å². The average molecular weight is 187 g/mol. The number of aliphatic hydroxyl groups is 1. The lowest BCUT2D eigenvalue weighted by Crippen LogP contribution is -2.55. The molecule has 1 atom stereocenters. The van der Waals surface area contributed by atoms with Crippen molar-refractivity contribution in [2.75, 3.05) is 19.8 Å². The van der Waals surface area contributed by atoms with E-state index in [2.05, 4.69) is 26.1 Å². The van der Waals surface area contributed by atoms with E-state index in [1.807, 2.05) is 0 Å². The molecular weight excluding hydrogens is 166 g/mol. The van der Waals surface area contributed by atoms with E-state index in [0.717, 1.165) is 26.0 Å². The number of hydrogen-bond acceptors (Lipinski definition) is 3. The first-order valence-corrected chi connectivity index (χ1v) is 4.97. The molecule has 3 nitrogen and oxygen atoms in total. The SMILES string of the molecule is CC1(C)CNC(C)(CCCO)OC1. The number of hydrogen-bond donors (Lipinski definition) is 2. The molecule has 0 spiro atoms. The van der Waals surface area contributed by atoms with E-state index >= 15 is 0 Å². The number of rotatable bonds is 3. The van der Waals surface area contributed by atoms with E-state index in [4.69, 9.17) is 9.84 Å². The van der Waals surface area contributed by atoms with Crippen molar-refractivity contribution in [1.82, 2.24) is 5.32 Å². The highest BCUT2D eigenvalue weighted by molar-refractivity contribution is 4.84. The molecule has 0 aromatic carbocycles. The first kappa shape index (κ1) is 11.0. The first-order valence-electron chi connectivity index (χ1n) is 4.97. The van der Waals surface area contributed by atoms with Crippen LogP contribution in [0.4, 0.5) is 0 Å². The molecule has 0 radical (unpaired) electrons. The monoisotopic (exact) mass is 187 g/mol. The minimum Gasteiger partial charge on any atom is -0.396 e. The second kappa shape index (κ2) is 3.95. The van der Waals surface area contributed by atoms with Crippen molar-refractivity contribution < 1.29 is 9.84 Å². The lowest BCUT2D eigenvalue weighted by molar-refractivity contribution is -0.131. The second-order valence-corrected chi connectivity index (χ2v) is 4.86. The maximum absolute atomic E-state index is 8.73. The van der Waals surface area contributed by atoms with Crippen LogP contribution in [0.3, 0.4) is 0 Å². The molecule has 1 saturated heterocycles. The highest BCUT2D eigenvalue weighted by Gasteiger charge is 2.34. The Kier molecular flexibility index (Phi) is 3.33. The molecule has 1 rings (SSSR count). The number of ether oxygens (including phenoxy) is 1. The van der Waals surface area contributed by atoms with E-state index in [1.165, 1.54) is 0 Å². The van der Waals surface area contributed by atoms with Gasteiger partial charge in [0.2, 0.25) is 0 Å². The molecule has 1 heterocycles. The van der Waals surface area contributed by atoms with Crippen LogP contribution >= 0.6 is 0 Å². The van der Waals surface area contributed by atoms with Crippen LogP contribution in [0.15, 0.2) is 0 Å². The minimum absolute atomic E-state index is 0.224. The highest BCUT2D eigenvalue weighted by atomic mass is 16.5. The summed E-state index contributed by atoms with van der Waals surface area (Å²) in [4.78, 5) is 0. The van der Waals surface area contributed by atoms with E-state index in [-0.39, 0.29) is 17.7 Å². The standard InChI is InChI=1S/C10H21NO2/c1-9(2)7-11-10(3,13-8-9)5-4-6-12/h11-12H,4-8H2,1-3H3. The molecular formula is C10H21NO2. The molecule has 0 bridgehead atoms. The highest BCUT2D eigenvalue weighted by Crippen LogP contribution is 2.26. The van der Waals surface area contributed by atoms with Crippen molar-refractivity contribution in [2.24, 2.45) is 5.41 Å². The van der Waals surface area contributed by atoms with Crippen molar-refractivity contribution in [3.63, 3.8) is 0 Å². The molecule has 2 N–H and O–H groups in total. The van der Waals surface area contributed by atoms with Gasteiger partial charge in [0.25, 0.3) is 0 Å². The molecule has 0 saturated carbocycles. The summed E-state index contributed by atoms with van der Waals surface area (Å²) < 4.78 is 5.76. The fourth-order valence-corrected chi connectivity index (χ4v) is 1.46. The van der Waals surface area contributed by atoms with Crippen LogP contribution in [0.1, 0.15) is 33.6 Å². The normalized spacial score (nSPS) is 33.2. The van der Waals surface area contributed by atoms with Gasteiger partial charge < -0.3 is 9.84 Å². The zero-order valence-electron chi connectivity index (χ0n) is 8.89. The third-order valence-corrected chi connectivity index (χ3v) is 2.53. The molecule has 13 heavy (non-hydrogen) atoms. The van der Waals surface area contributed by atoms with Gasteiger partial charge >= 0.3 is 0 Å². The van der Waals surface area contributed by atoms with Crippen LogP contribution in [0, 0.1) is 5.41 Å². The topological polar surface area (TPSA) is 41.5 Å². The van der Waals surface area contributed by atoms with Crippen LogP contribution in [-0.4, -0.2) is 30.6 Å². The second-order valence-electron chi connectivity index (χ2n) is 4.86. The Morgan fingerprint density at radius 2 is 2.08 bits per heavy atom. The van der Waals surface area contributed by atoms with E-state index in [0.29, 0.717) is 0 Å². The summed E-state index contributed by atoms with van der Waals surface area (Å²) in [6.07, 6.45) is 1.67. The van der Waals surface area contributed by atoms with Gasteiger partial charge in [0.15, 0.2) is 0 Å². The van der Waals surface area contributed by atoms with Crippen molar-refractivity contribution >= 4 is 0 Å². The Hall–Kier alpha value is -0.120. The first-order chi connectivity index (χ1) is 5.97. The van der Waals surface area contributed by atoms with Crippen LogP contribution in [0.5, 0.6) is 0 Å². The molecule has 78 valence electrons. The third kappa shape index (κ3) is 3.25. The molecule has 1 aliphatic rings. The summed E-state index contributed by atoms with van der Waals surface area (Å²) in [5.41, 5.74) is 0.0109. The largest absolute Gasteiger partial charge is 0.396 e. The molecule has 0 aliphatic carbocycles. The quantitative estimate of drug-likeness (QED) is 0.695. The van der Waals surface area contributed by atoms with Gasteiger partial charge in [-0.2, -0.15) is 0 Å². The van der Waals surface area contributed by atoms with Crippen LogP contribution in [0.25, 0.3) is 0 Å². The molecule has 0 amide bonds. The Balaban J connectivity index is 2.37. The zero-order valence-corrected chi connectivity index (χ0v) is 8.89. The predicted molar refractivity (Wildman–Crippen MR) is 52.5 cm³/mol. The number of aliphatic hydroxyl groups excluding tert-OH is 1. The fraction of sp³-hybridized carbons (Fsp3) is 1.00. The average Bonchev–Trinajstić information content (AvgIpc) is 2.08. The predicted octanol–water partition coefficient (Wildman–Crippen LogP) is 1.12. The third-order valence-electron chi connectivity index (χ3n) is 2.53. The number of nitrogens with one attached hydrogen (secondary N) is 1. The van der Waals surface area contributed by atoms with Gasteiger partial charge in [-0.1, -0.05) is 13.8 Å². The zero-order chi connectivity index (χ0) is 9.95. The smallest absolute Gasteiger partial charge is 0.116 e. The summed E-state index contributed by atoms with van der Waals surface area (Å²) >= 11 is 0. The maximum Gasteiger partial charge on any atom is 0.116 e. The van der Waals surface area contributed by atoms with Crippen LogP contribution in [-0.2, 0) is 4.74 Å². The van der Waals surface area contributed by atoms with Gasteiger partial charge in [0, 0.05) is 18.6 Å². The van der Waals surface area contributed by atoms with Gasteiger partial charge in [-0.15, -0.1) is 0 Å². The molecule has 1 fully saturated rings. The Morgan fingerprint density at radius 1 is 1.38 bits per heavy atom. The van der Waals surface area contributed by atoms with Gasteiger partial charge in [-0.3, -0.25) is 5.32 Å². The minimum atomic E-state index is -0.224. The molecule has 1 unspecified atom stereocenters. The Morgan fingerprint density at radius 3 is 2.54 bits per heavy atom. The lowest BCUT2D eigenvalue weighted by atomic mass is 9.91. The summed E-state index contributed by atoms with van der Waals surface area (Å²) in [5, 5.41) is 12.1. The van der Waals surface area contributed by atoms with Gasteiger partial charge in [0.05, 0.1) is 6.61 Å². The van der Waals surface area contributed by atoms with Gasteiger partial charge in [0.1, 0.15) is 5.72 Å². The summed E-state index contributed by atoms with van der Waals surface area (Å²) in [6, 6.07) is 0. The maximum atomic E-state index is 8.73. The summed E-state index contributed by atoms with van der Waals surface area (Å²) in [6.45, 7) is 8.44. The van der Waals surface area contributed by atoms with Crippen LogP contribution in [0.2, 0.25) is 0 Å². The molecule has 1 aliphatic heterocycles. The van der Waals surface area contributed by atoms with Gasteiger partial charge in [-0.05, 0) is 19.8 Å². The van der Waals surface area contributed by atoms with Crippen molar-refractivity contribution in [2.45, 2.75) is 39.3 Å². The van der Waals surface area contributed by atoms with E-state index < -0.39 is 0 Å². The van der Waals surface area contributed by atoms with Crippen molar-refractivity contribution in [1.29, 1.82) is 0 Å². The molecule has 3 heteroatoms. The Labute approximate surface area is 80.5 Å². The molecule has 0 aromatic rings. The van der Waals surface area contributed by atoms with Crippen molar-refractivity contribution in [3.05, 3.63) is 0 Å². The fourth-order valence-electron chi connectivity index (χ4n) is 1.46. The molecule has 0 aromatic heterocycles. The van der Waals surface area contributed by atoms with Gasteiger partial charge in [-0.25, -0.2) is 0 Å². The summed E-state index contributed by atoms with van der Waals surface area (Å²) in [7, 11) is 0. The van der Waals surface area contributed by atoms with E-state index in [1.54, 1.807) is 0 Å². The summed E-state index contributed by atoms with van der Waals surface area (Å²) in [5.74, 6) is 0. The Bertz CT molecular complexity index is 158. The lowest BCUT2D eigenvalue weighted by Gasteiger charge is -2.42. The van der Waals surface area contributed by atoms with E-state index in [9.17, 15) is 0 Å². The van der Waals surface area contributed by atoms with Crippen LogP contribution < -0.4 is 5.32 Å².